The topological polar surface area (TPSA) is 58.6 Å². The first-order chi connectivity index (χ1) is 7.88. The molecule has 1 fully saturated rings. The van der Waals surface area contributed by atoms with Crippen molar-refractivity contribution in [1.29, 1.82) is 0 Å². The Kier molecular flexibility index (Phi) is 5.01. The summed E-state index contributed by atoms with van der Waals surface area (Å²) in [4.78, 5) is 11.3. The van der Waals surface area contributed by atoms with Crippen LogP contribution in [0.25, 0.3) is 0 Å². The summed E-state index contributed by atoms with van der Waals surface area (Å²) in [6.45, 7) is 6.55. The van der Waals surface area contributed by atoms with E-state index in [9.17, 15) is 9.90 Å². The Morgan fingerprint density at radius 1 is 1.41 bits per heavy atom. The van der Waals surface area contributed by atoms with Gasteiger partial charge in [0.15, 0.2) is 0 Å². The molecule has 0 radical (unpaired) electrons. The maximum absolute atomic E-state index is 11.3. The standard InChI is InChI=1S/C12H24BNO3/c1-12(2,3)9-7-5-6-8(11(15)16)10(9)14-13-17-4/h8-10,13-14H,5-7H2,1-4H3,(H,15,16)/t8-,9-,10-/m0/s1. The number of carbonyl (C=O) groups is 1. The number of hydrogen-bond donors (Lipinski definition) is 2. The molecule has 0 spiro atoms. The molecule has 4 nitrogen and oxygen atoms in total. The highest BCUT2D eigenvalue weighted by atomic mass is 16.4. The van der Waals surface area contributed by atoms with Crippen molar-refractivity contribution in [3.05, 3.63) is 0 Å². The predicted molar refractivity (Wildman–Crippen MR) is 69.0 cm³/mol. The molecule has 0 bridgehead atoms. The molecule has 0 heterocycles. The number of carboxylic acids is 1. The van der Waals surface area contributed by atoms with E-state index < -0.39 is 5.97 Å². The van der Waals surface area contributed by atoms with Crippen LogP contribution in [0, 0.1) is 17.3 Å². The van der Waals surface area contributed by atoms with Gasteiger partial charge in [0.2, 0.25) is 0 Å². The first-order valence-corrected chi connectivity index (χ1v) is 6.33. The lowest BCUT2D eigenvalue weighted by molar-refractivity contribution is -0.145. The van der Waals surface area contributed by atoms with E-state index in [1.165, 1.54) is 0 Å². The van der Waals surface area contributed by atoms with Gasteiger partial charge in [-0.25, -0.2) is 0 Å². The Morgan fingerprint density at radius 2 is 2.06 bits per heavy atom. The molecule has 1 rings (SSSR count). The van der Waals surface area contributed by atoms with Gasteiger partial charge in [-0.2, -0.15) is 0 Å². The summed E-state index contributed by atoms with van der Waals surface area (Å²) in [6.07, 6.45) is 2.86. The highest BCUT2D eigenvalue weighted by Gasteiger charge is 2.42. The van der Waals surface area contributed by atoms with E-state index >= 15 is 0 Å². The monoisotopic (exact) mass is 241 g/mol. The van der Waals surface area contributed by atoms with Crippen molar-refractivity contribution < 1.29 is 14.6 Å². The zero-order valence-corrected chi connectivity index (χ0v) is 11.3. The van der Waals surface area contributed by atoms with Gasteiger partial charge in [0.25, 0.3) is 0 Å². The Labute approximate surface area is 104 Å². The van der Waals surface area contributed by atoms with Crippen LogP contribution in [0.15, 0.2) is 0 Å². The summed E-state index contributed by atoms with van der Waals surface area (Å²) in [5, 5.41) is 12.6. The molecule has 0 unspecified atom stereocenters. The molecular weight excluding hydrogens is 217 g/mol. The van der Waals surface area contributed by atoms with Gasteiger partial charge in [0.1, 0.15) is 0 Å². The van der Waals surface area contributed by atoms with Gasteiger partial charge in [-0.15, -0.1) is 0 Å². The highest BCUT2D eigenvalue weighted by Crippen LogP contribution is 2.40. The van der Waals surface area contributed by atoms with Gasteiger partial charge < -0.3 is 15.0 Å². The van der Waals surface area contributed by atoms with Crippen LogP contribution < -0.4 is 5.23 Å². The lowest BCUT2D eigenvalue weighted by Gasteiger charge is -2.43. The van der Waals surface area contributed by atoms with Gasteiger partial charge >= 0.3 is 13.6 Å². The molecule has 0 amide bonds. The van der Waals surface area contributed by atoms with E-state index in [4.69, 9.17) is 4.65 Å². The number of aliphatic carboxylic acids is 1. The Bertz CT molecular complexity index is 265. The fourth-order valence-corrected chi connectivity index (χ4v) is 2.91. The first-order valence-electron chi connectivity index (χ1n) is 6.33. The second kappa shape index (κ2) is 5.87. The van der Waals surface area contributed by atoms with Crippen LogP contribution in [0.2, 0.25) is 0 Å². The molecule has 0 aromatic rings. The first kappa shape index (κ1) is 14.5. The Hall–Kier alpha value is -0.545. The van der Waals surface area contributed by atoms with Gasteiger partial charge in [0, 0.05) is 13.2 Å². The second-order valence-electron chi connectivity index (χ2n) is 6.01. The van der Waals surface area contributed by atoms with Crippen molar-refractivity contribution in [1.82, 2.24) is 5.23 Å². The molecule has 17 heavy (non-hydrogen) atoms. The van der Waals surface area contributed by atoms with Crippen LogP contribution in [0.3, 0.4) is 0 Å². The molecule has 98 valence electrons. The largest absolute Gasteiger partial charge is 0.481 e. The fourth-order valence-electron chi connectivity index (χ4n) is 2.91. The minimum atomic E-state index is -0.687. The Morgan fingerprint density at radius 3 is 2.53 bits per heavy atom. The molecule has 1 aliphatic carbocycles. The highest BCUT2D eigenvalue weighted by molar-refractivity contribution is 6.23. The van der Waals surface area contributed by atoms with Gasteiger partial charge in [-0.05, 0) is 24.2 Å². The van der Waals surface area contributed by atoms with E-state index in [-0.39, 0.29) is 17.4 Å². The summed E-state index contributed by atoms with van der Waals surface area (Å²) in [7, 11) is 2.04. The van der Waals surface area contributed by atoms with Gasteiger partial charge in [-0.1, -0.05) is 27.2 Å². The van der Waals surface area contributed by atoms with Crippen LogP contribution >= 0.6 is 0 Å². The summed E-state index contributed by atoms with van der Waals surface area (Å²) in [5.41, 5.74) is 0.125. The van der Waals surface area contributed by atoms with Crippen molar-refractivity contribution in [3.8, 4) is 0 Å². The minimum Gasteiger partial charge on any atom is -0.481 e. The number of hydrogen-bond acceptors (Lipinski definition) is 3. The molecule has 5 heteroatoms. The van der Waals surface area contributed by atoms with Crippen molar-refractivity contribution in [2.24, 2.45) is 17.3 Å². The lowest BCUT2D eigenvalue weighted by atomic mass is 9.65. The summed E-state index contributed by atoms with van der Waals surface area (Å²) >= 11 is 0. The average Bonchev–Trinajstić information content (AvgIpc) is 2.24. The summed E-state index contributed by atoms with van der Waals surface area (Å²) in [6, 6.07) is 0.0150. The molecule has 2 N–H and O–H groups in total. The third kappa shape index (κ3) is 3.71. The molecule has 1 saturated carbocycles. The average molecular weight is 241 g/mol. The third-order valence-electron chi connectivity index (χ3n) is 3.79. The molecule has 0 aromatic carbocycles. The smallest absolute Gasteiger partial charge is 0.360 e. The number of carboxylic acid groups (broad SMARTS) is 1. The van der Waals surface area contributed by atoms with Crippen molar-refractivity contribution in [2.45, 2.75) is 46.1 Å². The molecule has 0 saturated heterocycles. The van der Waals surface area contributed by atoms with E-state index in [2.05, 4.69) is 26.0 Å². The molecular formula is C12H24BNO3. The summed E-state index contributed by atoms with van der Waals surface area (Å²) in [5.74, 6) is -0.594. The van der Waals surface area contributed by atoms with Crippen molar-refractivity contribution >= 4 is 13.6 Å². The predicted octanol–water partition coefficient (Wildman–Crippen LogP) is 1.40. The van der Waals surface area contributed by atoms with E-state index in [1.54, 1.807) is 7.11 Å². The van der Waals surface area contributed by atoms with Crippen LogP contribution in [0.4, 0.5) is 0 Å². The van der Waals surface area contributed by atoms with Crippen LogP contribution in [-0.2, 0) is 9.45 Å². The van der Waals surface area contributed by atoms with Crippen molar-refractivity contribution in [3.63, 3.8) is 0 Å². The van der Waals surface area contributed by atoms with Crippen LogP contribution in [0.1, 0.15) is 40.0 Å². The normalized spacial score (nSPS) is 30.0. The Balaban J connectivity index is 2.83. The fraction of sp³-hybridized carbons (Fsp3) is 0.917. The maximum atomic E-state index is 11.3. The van der Waals surface area contributed by atoms with E-state index in [0.29, 0.717) is 13.5 Å². The number of rotatable bonds is 4. The van der Waals surface area contributed by atoms with Gasteiger partial charge in [-0.3, -0.25) is 4.79 Å². The minimum absolute atomic E-state index is 0.0150. The SMILES string of the molecule is COBN[C@H]1[C@@H](C(=O)O)CCC[C@@H]1C(C)(C)C. The van der Waals surface area contributed by atoms with Crippen LogP contribution in [-0.4, -0.2) is 31.8 Å². The number of nitrogens with one attached hydrogen (secondary N) is 1. The van der Waals surface area contributed by atoms with E-state index in [0.717, 1.165) is 19.3 Å². The van der Waals surface area contributed by atoms with Crippen LogP contribution in [0.5, 0.6) is 0 Å². The molecule has 0 aromatic heterocycles. The van der Waals surface area contributed by atoms with E-state index in [1.807, 2.05) is 0 Å². The van der Waals surface area contributed by atoms with Crippen molar-refractivity contribution in [2.75, 3.05) is 7.11 Å². The van der Waals surface area contributed by atoms with Gasteiger partial charge in [0.05, 0.1) is 5.92 Å². The molecule has 3 atom stereocenters. The molecule has 0 aliphatic heterocycles. The quantitative estimate of drug-likeness (QED) is 0.730. The second-order valence-corrected chi connectivity index (χ2v) is 6.01. The third-order valence-corrected chi connectivity index (χ3v) is 3.79. The zero-order chi connectivity index (χ0) is 13.1. The summed E-state index contributed by atoms with van der Waals surface area (Å²) < 4.78 is 5.03. The molecule has 1 aliphatic rings. The lowest BCUT2D eigenvalue weighted by Crippen LogP contribution is -2.53. The zero-order valence-electron chi connectivity index (χ0n) is 11.3. The maximum Gasteiger partial charge on any atom is 0.360 e.